The summed E-state index contributed by atoms with van der Waals surface area (Å²) in [5, 5.41) is 2.73. The number of nitrogens with zero attached hydrogens (tertiary/aromatic N) is 3. The highest BCUT2D eigenvalue weighted by Crippen LogP contribution is 2.30. The molecule has 0 spiro atoms. The van der Waals surface area contributed by atoms with Crippen LogP contribution in [0, 0.1) is 0 Å². The minimum absolute atomic E-state index is 0.0531. The van der Waals surface area contributed by atoms with Gasteiger partial charge in [-0.1, -0.05) is 18.2 Å². The number of carbonyl (C=O) groups excluding carboxylic acids is 2. The van der Waals surface area contributed by atoms with Gasteiger partial charge in [0.2, 0.25) is 11.9 Å². The van der Waals surface area contributed by atoms with Gasteiger partial charge in [0.15, 0.2) is 6.61 Å². The van der Waals surface area contributed by atoms with Crippen LogP contribution in [0.2, 0.25) is 0 Å². The second-order valence-corrected chi connectivity index (χ2v) is 6.21. The van der Waals surface area contributed by atoms with E-state index in [1.165, 1.54) is 0 Å². The van der Waals surface area contributed by atoms with Crippen molar-refractivity contribution in [3.63, 3.8) is 0 Å². The van der Waals surface area contributed by atoms with Crippen molar-refractivity contribution >= 4 is 29.1 Å². The molecule has 132 valence electrons. The van der Waals surface area contributed by atoms with Gasteiger partial charge in [-0.05, 0) is 30.3 Å². The molecular weight excluding hydrogens is 332 g/mol. The van der Waals surface area contributed by atoms with E-state index < -0.39 is 0 Å². The molecule has 0 aliphatic carbocycles. The second kappa shape index (κ2) is 6.51. The zero-order valence-corrected chi connectivity index (χ0v) is 14.3. The zero-order valence-electron chi connectivity index (χ0n) is 14.3. The number of fused-ring (bicyclic) bond motifs is 2. The molecule has 0 bridgehead atoms. The molecule has 1 saturated heterocycles. The van der Waals surface area contributed by atoms with Crippen molar-refractivity contribution in [1.82, 2.24) is 10.2 Å². The first-order valence-corrected chi connectivity index (χ1v) is 8.31. The molecule has 1 N–H and O–H groups in total. The van der Waals surface area contributed by atoms with E-state index in [2.05, 4.69) is 10.3 Å². The Hall–Kier alpha value is -3.35. The number of anilines is 1. The van der Waals surface area contributed by atoms with Gasteiger partial charge in [-0.2, -0.15) is 0 Å². The highest BCUT2D eigenvalue weighted by Gasteiger charge is 2.29. The van der Waals surface area contributed by atoms with E-state index in [1.807, 2.05) is 47.4 Å². The van der Waals surface area contributed by atoms with Crippen LogP contribution in [0.4, 0.5) is 11.4 Å². The number of likely N-dealkylation sites (N-methyl/N-ethyl adjacent to an activating group) is 1. The highest BCUT2D eigenvalue weighted by atomic mass is 16.5. The van der Waals surface area contributed by atoms with Crippen molar-refractivity contribution in [3.05, 3.63) is 54.1 Å². The van der Waals surface area contributed by atoms with Gasteiger partial charge in [-0.15, -0.1) is 0 Å². The minimum atomic E-state index is -0.136. The van der Waals surface area contributed by atoms with Crippen LogP contribution in [-0.4, -0.2) is 42.9 Å². The lowest BCUT2D eigenvalue weighted by molar-refractivity contribution is -0.120. The van der Waals surface area contributed by atoms with Crippen LogP contribution in [0.25, 0.3) is 0 Å². The Morgan fingerprint density at radius 3 is 2.85 bits per heavy atom. The number of ether oxygens (including phenoxy) is 1. The van der Waals surface area contributed by atoms with E-state index in [4.69, 9.17) is 4.74 Å². The lowest BCUT2D eigenvalue weighted by Gasteiger charge is -2.23. The Morgan fingerprint density at radius 1 is 1.23 bits per heavy atom. The Kier molecular flexibility index (Phi) is 4.04. The normalized spacial score (nSPS) is 14.9. The van der Waals surface area contributed by atoms with Crippen molar-refractivity contribution in [2.75, 3.05) is 25.1 Å². The van der Waals surface area contributed by atoms with Gasteiger partial charge in [-0.25, -0.2) is 4.99 Å². The number of nitrogens with one attached hydrogen (secondary N) is 1. The van der Waals surface area contributed by atoms with Crippen LogP contribution >= 0.6 is 0 Å². The number of aliphatic imine (C=N–C) groups is 1. The number of para-hydroxylation sites is 1. The van der Waals surface area contributed by atoms with Crippen molar-refractivity contribution in [2.24, 2.45) is 4.99 Å². The maximum absolute atomic E-state index is 12.3. The predicted octanol–water partition coefficient (Wildman–Crippen LogP) is 1.66. The Morgan fingerprint density at radius 2 is 2.04 bits per heavy atom. The van der Waals surface area contributed by atoms with Crippen LogP contribution in [0.5, 0.6) is 5.75 Å². The molecule has 2 aliphatic rings. The number of carbonyl (C=O) groups is 2. The van der Waals surface area contributed by atoms with E-state index in [0.717, 1.165) is 16.9 Å². The van der Waals surface area contributed by atoms with Gasteiger partial charge in [0.1, 0.15) is 12.3 Å². The Balaban J connectivity index is 1.42. The standard InChI is InChI=1S/C19H18N4O3/c1-22(14-5-3-2-4-6-14)18(25)12-26-15-7-8-16-13(9-15)10-23-11-17(24)21-19(23)20-16/h2-9H,10-12H2,1H3,(H,20,21,24). The molecule has 4 rings (SSSR count). The summed E-state index contributed by atoms with van der Waals surface area (Å²) in [6.07, 6.45) is 0. The molecule has 2 aromatic rings. The molecule has 7 nitrogen and oxygen atoms in total. The average Bonchev–Trinajstić information content (AvgIpc) is 3.02. The van der Waals surface area contributed by atoms with Crippen molar-refractivity contribution in [3.8, 4) is 5.75 Å². The van der Waals surface area contributed by atoms with Gasteiger partial charge in [0.25, 0.3) is 5.91 Å². The molecule has 1 fully saturated rings. The number of hydrogen-bond donors (Lipinski definition) is 1. The SMILES string of the molecule is CN(C(=O)COc1ccc2c(c1)CN1CC(=O)NC1=N2)c1ccccc1. The first-order chi connectivity index (χ1) is 12.6. The van der Waals surface area contributed by atoms with E-state index in [0.29, 0.717) is 24.8 Å². The monoisotopic (exact) mass is 350 g/mol. The zero-order chi connectivity index (χ0) is 18.1. The fourth-order valence-corrected chi connectivity index (χ4v) is 2.97. The molecule has 2 aromatic carbocycles. The third-order valence-electron chi connectivity index (χ3n) is 4.40. The van der Waals surface area contributed by atoms with Crippen LogP contribution in [0.15, 0.2) is 53.5 Å². The largest absolute Gasteiger partial charge is 0.484 e. The Labute approximate surface area is 150 Å². The number of rotatable bonds is 4. The summed E-state index contributed by atoms with van der Waals surface area (Å²) in [4.78, 5) is 31.7. The molecule has 0 unspecified atom stereocenters. The molecule has 0 aromatic heterocycles. The van der Waals surface area contributed by atoms with E-state index in [-0.39, 0.29) is 18.4 Å². The third-order valence-corrected chi connectivity index (χ3v) is 4.40. The summed E-state index contributed by atoms with van der Waals surface area (Å²) >= 11 is 0. The summed E-state index contributed by atoms with van der Waals surface area (Å²) in [6.45, 7) is 0.841. The lowest BCUT2D eigenvalue weighted by Crippen LogP contribution is -2.32. The quantitative estimate of drug-likeness (QED) is 0.910. The van der Waals surface area contributed by atoms with Gasteiger partial charge >= 0.3 is 0 Å². The summed E-state index contributed by atoms with van der Waals surface area (Å²) in [7, 11) is 1.72. The second-order valence-electron chi connectivity index (χ2n) is 6.21. The fraction of sp³-hybridized carbons (Fsp3) is 0.211. The van der Waals surface area contributed by atoms with Crippen LogP contribution in [0.3, 0.4) is 0 Å². The molecule has 2 heterocycles. The highest BCUT2D eigenvalue weighted by molar-refractivity contribution is 6.05. The van der Waals surface area contributed by atoms with Crippen molar-refractivity contribution < 1.29 is 14.3 Å². The maximum atomic E-state index is 12.3. The van der Waals surface area contributed by atoms with Crippen LogP contribution in [0.1, 0.15) is 5.56 Å². The van der Waals surface area contributed by atoms with Gasteiger partial charge in [-0.3, -0.25) is 14.9 Å². The topological polar surface area (TPSA) is 74.2 Å². The summed E-state index contributed by atoms with van der Waals surface area (Å²) in [5.41, 5.74) is 2.59. The molecular formula is C19H18N4O3. The van der Waals surface area contributed by atoms with Crippen molar-refractivity contribution in [1.29, 1.82) is 0 Å². The summed E-state index contributed by atoms with van der Waals surface area (Å²) < 4.78 is 5.67. The summed E-state index contributed by atoms with van der Waals surface area (Å²) in [5.74, 6) is 1.01. The smallest absolute Gasteiger partial charge is 0.264 e. The van der Waals surface area contributed by atoms with Crippen LogP contribution < -0.4 is 15.0 Å². The lowest BCUT2D eigenvalue weighted by atomic mass is 10.1. The van der Waals surface area contributed by atoms with Gasteiger partial charge < -0.3 is 14.5 Å². The number of hydrogen-bond acceptors (Lipinski definition) is 5. The Bertz CT molecular complexity index is 895. The molecule has 0 saturated carbocycles. The van der Waals surface area contributed by atoms with Gasteiger partial charge in [0, 0.05) is 24.8 Å². The average molecular weight is 350 g/mol. The van der Waals surface area contributed by atoms with E-state index in [1.54, 1.807) is 18.0 Å². The molecule has 0 radical (unpaired) electrons. The van der Waals surface area contributed by atoms with E-state index >= 15 is 0 Å². The maximum Gasteiger partial charge on any atom is 0.264 e. The number of amides is 2. The molecule has 2 aliphatic heterocycles. The third kappa shape index (κ3) is 3.11. The molecule has 7 heteroatoms. The molecule has 2 amide bonds. The fourth-order valence-electron chi connectivity index (χ4n) is 2.97. The van der Waals surface area contributed by atoms with Crippen LogP contribution in [-0.2, 0) is 16.1 Å². The minimum Gasteiger partial charge on any atom is -0.484 e. The number of guanidine groups is 1. The predicted molar refractivity (Wildman–Crippen MR) is 97.4 cm³/mol. The van der Waals surface area contributed by atoms with Crippen molar-refractivity contribution in [2.45, 2.75) is 6.54 Å². The first-order valence-electron chi connectivity index (χ1n) is 8.31. The van der Waals surface area contributed by atoms with E-state index in [9.17, 15) is 9.59 Å². The molecule has 26 heavy (non-hydrogen) atoms. The first kappa shape index (κ1) is 16.1. The van der Waals surface area contributed by atoms with Gasteiger partial charge in [0.05, 0.1) is 5.69 Å². The molecule has 0 atom stereocenters. The number of benzene rings is 2. The summed E-state index contributed by atoms with van der Waals surface area (Å²) in [6, 6.07) is 14.9.